The number of aromatic nitrogens is 2. The van der Waals surface area contributed by atoms with Gasteiger partial charge in [-0.3, -0.25) is 24.5 Å². The summed E-state index contributed by atoms with van der Waals surface area (Å²) in [4.78, 5) is 47.4. The third-order valence-electron chi connectivity index (χ3n) is 10.4. The molecular weight excluding hydrogens is 729 g/mol. The predicted molar refractivity (Wildman–Crippen MR) is 205 cm³/mol. The first-order valence-electron chi connectivity index (χ1n) is 19.2. The Bertz CT molecular complexity index is 1990. The van der Waals surface area contributed by atoms with E-state index in [1.54, 1.807) is 45.2 Å². The van der Waals surface area contributed by atoms with Crippen LogP contribution in [0.15, 0.2) is 42.6 Å². The van der Waals surface area contributed by atoms with E-state index in [0.717, 1.165) is 11.1 Å². The zero-order valence-corrected chi connectivity index (χ0v) is 33.2. The van der Waals surface area contributed by atoms with Gasteiger partial charge in [-0.05, 0) is 94.3 Å². The number of cyclic esters (lactones) is 1. The lowest BCUT2D eigenvalue weighted by atomic mass is 9.84. The molecule has 304 valence electrons. The first-order chi connectivity index (χ1) is 26.3. The number of rotatable bonds is 5. The molecule has 2 amide bonds. The molecule has 3 aliphatic heterocycles. The smallest absolute Gasteiger partial charge is 0.408 e. The molecule has 1 unspecified atom stereocenters. The maximum absolute atomic E-state index is 14.5. The highest BCUT2D eigenvalue weighted by atomic mass is 19.4. The largest absolute Gasteiger partial charge is 0.464 e. The van der Waals surface area contributed by atoms with Gasteiger partial charge >= 0.3 is 18.2 Å². The maximum atomic E-state index is 14.5. The summed E-state index contributed by atoms with van der Waals surface area (Å²) in [6.45, 7) is 11.1. The van der Waals surface area contributed by atoms with Gasteiger partial charge in [-0.2, -0.15) is 13.2 Å². The van der Waals surface area contributed by atoms with Gasteiger partial charge in [-0.1, -0.05) is 26.0 Å². The number of nitrogens with one attached hydrogen (secondary N) is 2. The van der Waals surface area contributed by atoms with Crippen molar-refractivity contribution in [3.63, 3.8) is 0 Å². The van der Waals surface area contributed by atoms with Gasteiger partial charge in [-0.25, -0.2) is 10.2 Å². The van der Waals surface area contributed by atoms with Gasteiger partial charge in [0.15, 0.2) is 0 Å². The van der Waals surface area contributed by atoms with Gasteiger partial charge in [0.2, 0.25) is 0 Å². The molecule has 0 spiro atoms. The third kappa shape index (κ3) is 9.55. The number of carbonyl (C=O) groups excluding carboxylic acids is 3. The van der Waals surface area contributed by atoms with Crippen molar-refractivity contribution in [2.75, 3.05) is 39.9 Å². The van der Waals surface area contributed by atoms with Crippen LogP contribution < -0.4 is 10.7 Å². The van der Waals surface area contributed by atoms with Crippen molar-refractivity contribution in [2.24, 2.45) is 5.41 Å². The van der Waals surface area contributed by atoms with Gasteiger partial charge in [0.25, 0.3) is 5.91 Å². The SMILES string of the molecule is CO[C@@H](C)c1ncccc1-c1c2c3cc(ccc3n1CC(F)(F)F)C1=CCCN(C1)C[C@H](NC(=O)OC(C)(C)C)C(=O)N1CCC[C@H](N1)C(=O)OCC(C)(C)C2. The van der Waals surface area contributed by atoms with E-state index >= 15 is 0 Å². The van der Waals surface area contributed by atoms with Crippen LogP contribution in [0.2, 0.25) is 0 Å². The summed E-state index contributed by atoms with van der Waals surface area (Å²) in [6, 6.07) is 7.17. The summed E-state index contributed by atoms with van der Waals surface area (Å²) in [5.74, 6) is -0.960. The van der Waals surface area contributed by atoms with Gasteiger partial charge < -0.3 is 24.1 Å². The molecule has 12 nitrogen and oxygen atoms in total. The minimum absolute atomic E-state index is 0.0413. The Kier molecular flexibility index (Phi) is 11.9. The number of halogens is 3. The monoisotopic (exact) mass is 782 g/mol. The Morgan fingerprint density at radius 1 is 1.16 bits per heavy atom. The zero-order valence-electron chi connectivity index (χ0n) is 33.2. The van der Waals surface area contributed by atoms with Crippen LogP contribution in [0.1, 0.15) is 83.7 Å². The summed E-state index contributed by atoms with van der Waals surface area (Å²) >= 11 is 0. The standard InChI is InChI=1S/C41H53F3N6O6/c1-25(54-7)34-28(12-8-16-45-34)35-30-20-40(5,6)24-55-37(52)31-13-10-18-50(47-31)36(51)32(46-38(53)56-39(2,3)4)22-48-17-9-11-27(21-48)26-14-15-33(29(30)19-26)49(35)23-41(42,43)44/h8,11-12,14-16,19,25,31-32,47H,9-10,13,17-18,20-24H2,1-7H3,(H,46,53)/t25-,31-,32-/m0/s1. The Morgan fingerprint density at radius 3 is 2.64 bits per heavy atom. The highest BCUT2D eigenvalue weighted by Gasteiger charge is 2.38. The molecule has 1 aromatic carbocycles. The molecule has 1 fully saturated rings. The van der Waals surface area contributed by atoms with E-state index < -0.39 is 59.9 Å². The molecule has 0 aliphatic carbocycles. The summed E-state index contributed by atoms with van der Waals surface area (Å²) in [5, 5.41) is 4.80. The number of alkyl halides is 3. The third-order valence-corrected chi connectivity index (χ3v) is 10.4. The maximum Gasteiger partial charge on any atom is 0.408 e. The predicted octanol–water partition coefficient (Wildman–Crippen LogP) is 6.58. The van der Waals surface area contributed by atoms with E-state index in [1.807, 2.05) is 32.9 Å². The van der Waals surface area contributed by atoms with Gasteiger partial charge in [0.05, 0.1) is 24.1 Å². The molecule has 2 aromatic heterocycles. The van der Waals surface area contributed by atoms with Crippen LogP contribution in [0.3, 0.4) is 0 Å². The molecule has 3 aromatic rings. The number of alkyl carbamates (subject to hydrolysis) is 1. The number of ether oxygens (including phenoxy) is 3. The highest BCUT2D eigenvalue weighted by molar-refractivity contribution is 5.95. The number of fused-ring (bicyclic) bond motifs is 6. The minimum Gasteiger partial charge on any atom is -0.464 e. The minimum atomic E-state index is -4.54. The van der Waals surface area contributed by atoms with Crippen molar-refractivity contribution in [2.45, 2.75) is 104 Å². The molecule has 15 heteroatoms. The van der Waals surface area contributed by atoms with Crippen molar-refractivity contribution in [1.29, 1.82) is 0 Å². The quantitative estimate of drug-likeness (QED) is 0.276. The lowest BCUT2D eigenvalue weighted by Gasteiger charge is -2.37. The van der Waals surface area contributed by atoms with Crippen LogP contribution in [0.25, 0.3) is 27.7 Å². The lowest BCUT2D eigenvalue weighted by Crippen LogP contribution is -2.62. The van der Waals surface area contributed by atoms with Gasteiger partial charge in [0, 0.05) is 61.4 Å². The molecule has 56 heavy (non-hydrogen) atoms. The van der Waals surface area contributed by atoms with E-state index in [0.29, 0.717) is 72.3 Å². The topological polar surface area (TPSA) is 127 Å². The number of esters is 1. The zero-order chi connectivity index (χ0) is 40.6. The Morgan fingerprint density at radius 2 is 1.93 bits per heavy atom. The molecule has 0 radical (unpaired) electrons. The van der Waals surface area contributed by atoms with E-state index in [-0.39, 0.29) is 19.6 Å². The van der Waals surface area contributed by atoms with Crippen LogP contribution in [-0.4, -0.2) is 101 Å². The first-order valence-corrected chi connectivity index (χ1v) is 19.2. The molecule has 1 saturated heterocycles. The van der Waals surface area contributed by atoms with Gasteiger partial charge in [0.1, 0.15) is 24.2 Å². The van der Waals surface area contributed by atoms with Crippen molar-refractivity contribution >= 4 is 34.4 Å². The van der Waals surface area contributed by atoms with Crippen LogP contribution in [0.5, 0.6) is 0 Å². The van der Waals surface area contributed by atoms with Crippen LogP contribution in [0.4, 0.5) is 18.0 Å². The van der Waals surface area contributed by atoms with E-state index in [9.17, 15) is 27.6 Å². The Hall–Kier alpha value is -4.47. The number of nitrogens with zero attached hydrogens (tertiary/aromatic N) is 4. The highest BCUT2D eigenvalue weighted by Crippen LogP contribution is 2.42. The molecule has 0 saturated carbocycles. The Labute approximate surface area is 325 Å². The second-order valence-corrected chi connectivity index (χ2v) is 16.8. The average Bonchev–Trinajstić information content (AvgIpc) is 3.41. The number of methoxy groups -OCH3 is 1. The summed E-state index contributed by atoms with van der Waals surface area (Å²) in [6.07, 6.45) is -0.230. The van der Waals surface area contributed by atoms with Crippen molar-refractivity contribution in [3.05, 3.63) is 59.4 Å². The molecular formula is C41H53F3N6O6. The second kappa shape index (κ2) is 16.2. The van der Waals surface area contributed by atoms with Crippen LogP contribution >= 0.6 is 0 Å². The number of hydrogen-bond donors (Lipinski definition) is 2. The number of amides is 2. The number of hydrazine groups is 1. The molecule has 6 bridgehead atoms. The normalized spacial score (nSPS) is 22.9. The van der Waals surface area contributed by atoms with Crippen molar-refractivity contribution in [1.82, 2.24) is 30.2 Å². The fourth-order valence-electron chi connectivity index (χ4n) is 7.77. The average molecular weight is 783 g/mol. The van der Waals surface area contributed by atoms with E-state index in [2.05, 4.69) is 26.7 Å². The first kappa shape index (κ1) is 41.2. The summed E-state index contributed by atoms with van der Waals surface area (Å²) < 4.78 is 62.0. The van der Waals surface area contributed by atoms with Crippen molar-refractivity contribution in [3.8, 4) is 11.3 Å². The number of hydrogen-bond acceptors (Lipinski definition) is 9. The van der Waals surface area contributed by atoms with Crippen molar-refractivity contribution < 1.29 is 41.8 Å². The fraction of sp³-hybridized carbons (Fsp3) is 0.561. The number of benzene rings is 1. The number of pyridine rings is 1. The molecule has 2 N–H and O–H groups in total. The molecule has 6 rings (SSSR count). The van der Waals surface area contributed by atoms with E-state index in [4.69, 9.17) is 14.2 Å². The molecule has 3 aliphatic rings. The van der Waals surface area contributed by atoms with Crippen LogP contribution in [0, 0.1) is 5.41 Å². The summed E-state index contributed by atoms with van der Waals surface area (Å²) in [5.41, 5.74) is 5.77. The Balaban J connectivity index is 1.50. The van der Waals surface area contributed by atoms with Gasteiger partial charge in [-0.15, -0.1) is 0 Å². The molecule has 4 atom stereocenters. The lowest BCUT2D eigenvalue weighted by molar-refractivity contribution is -0.155. The van der Waals surface area contributed by atoms with Crippen LogP contribution in [-0.2, 0) is 36.8 Å². The fourth-order valence-corrected chi connectivity index (χ4v) is 7.77. The molecule has 5 heterocycles. The second-order valence-electron chi connectivity index (χ2n) is 16.8. The summed E-state index contributed by atoms with van der Waals surface area (Å²) in [7, 11) is 1.53. The number of carbonyl (C=O) groups is 3. The van der Waals surface area contributed by atoms with E-state index in [1.165, 1.54) is 16.7 Å².